The second-order valence-electron chi connectivity index (χ2n) is 6.95. The maximum absolute atomic E-state index is 11.6. The highest BCUT2D eigenvalue weighted by atomic mass is 16.5. The maximum atomic E-state index is 11.6. The molecule has 1 aliphatic carbocycles. The van der Waals surface area contributed by atoms with Gasteiger partial charge in [0.2, 0.25) is 0 Å². The number of hydrogen-bond donors (Lipinski definition) is 0. The number of esters is 1. The lowest BCUT2D eigenvalue weighted by Crippen LogP contribution is -2.10. The van der Waals surface area contributed by atoms with Crippen molar-refractivity contribution in [3.05, 3.63) is 42.0 Å². The average Bonchev–Trinajstić information content (AvgIpc) is 2.55. The molecule has 0 unspecified atom stereocenters. The first-order chi connectivity index (χ1) is 11.2. The van der Waals surface area contributed by atoms with Crippen molar-refractivity contribution in [2.75, 3.05) is 0 Å². The minimum atomic E-state index is -0.153. The molecule has 0 saturated heterocycles. The van der Waals surface area contributed by atoms with Crippen LogP contribution in [0.5, 0.6) is 5.75 Å². The molecule has 0 radical (unpaired) electrons. The Hall–Kier alpha value is -1.83. The summed E-state index contributed by atoms with van der Waals surface area (Å²) >= 11 is 0. The molecule has 1 aliphatic rings. The van der Waals surface area contributed by atoms with Crippen molar-refractivity contribution >= 4 is 16.7 Å². The molecule has 122 valence electrons. The molecule has 1 fully saturated rings. The van der Waals surface area contributed by atoms with Gasteiger partial charge in [-0.25, -0.2) is 0 Å². The molecule has 0 bridgehead atoms. The van der Waals surface area contributed by atoms with Crippen LogP contribution in [0.1, 0.15) is 63.9 Å². The quantitative estimate of drug-likeness (QED) is 0.524. The molecule has 2 heteroatoms. The first-order valence-electron chi connectivity index (χ1n) is 8.90. The SMILES string of the molecule is CCCC(=O)Oc1ccc2cc(C3CCC(C)CC3)ccc2c1. The fourth-order valence-corrected chi connectivity index (χ4v) is 3.54. The summed E-state index contributed by atoms with van der Waals surface area (Å²) in [5.41, 5.74) is 1.46. The van der Waals surface area contributed by atoms with E-state index in [2.05, 4.69) is 31.2 Å². The van der Waals surface area contributed by atoms with Crippen molar-refractivity contribution in [1.29, 1.82) is 0 Å². The van der Waals surface area contributed by atoms with Gasteiger partial charge in [-0.3, -0.25) is 4.79 Å². The van der Waals surface area contributed by atoms with Gasteiger partial charge >= 0.3 is 5.97 Å². The Kier molecular flexibility index (Phi) is 5.00. The van der Waals surface area contributed by atoms with Gasteiger partial charge < -0.3 is 4.74 Å². The molecule has 0 N–H and O–H groups in total. The minimum Gasteiger partial charge on any atom is -0.427 e. The van der Waals surface area contributed by atoms with E-state index in [1.807, 2.05) is 19.1 Å². The molecule has 2 nitrogen and oxygen atoms in total. The van der Waals surface area contributed by atoms with Crippen molar-refractivity contribution < 1.29 is 9.53 Å². The van der Waals surface area contributed by atoms with E-state index in [1.54, 1.807) is 0 Å². The first-order valence-corrected chi connectivity index (χ1v) is 8.90. The molecule has 0 heterocycles. The van der Waals surface area contributed by atoms with Crippen molar-refractivity contribution in [2.24, 2.45) is 5.92 Å². The Morgan fingerprint density at radius 2 is 1.74 bits per heavy atom. The van der Waals surface area contributed by atoms with Gasteiger partial charge in [-0.15, -0.1) is 0 Å². The Balaban J connectivity index is 1.77. The van der Waals surface area contributed by atoms with E-state index in [-0.39, 0.29) is 5.97 Å². The summed E-state index contributed by atoms with van der Waals surface area (Å²) in [7, 11) is 0. The number of carbonyl (C=O) groups excluding carboxylic acids is 1. The Morgan fingerprint density at radius 3 is 2.48 bits per heavy atom. The van der Waals surface area contributed by atoms with E-state index < -0.39 is 0 Å². The van der Waals surface area contributed by atoms with Gasteiger partial charge in [-0.2, -0.15) is 0 Å². The highest BCUT2D eigenvalue weighted by Gasteiger charge is 2.19. The molecule has 2 aromatic rings. The zero-order valence-electron chi connectivity index (χ0n) is 14.2. The van der Waals surface area contributed by atoms with Gasteiger partial charge in [0.1, 0.15) is 5.75 Å². The number of rotatable bonds is 4. The molecular formula is C21H26O2. The summed E-state index contributed by atoms with van der Waals surface area (Å²) in [6.07, 6.45) is 6.58. The summed E-state index contributed by atoms with van der Waals surface area (Å²) in [5.74, 6) is 2.08. The van der Waals surface area contributed by atoms with Gasteiger partial charge in [0.05, 0.1) is 0 Å². The van der Waals surface area contributed by atoms with E-state index in [0.717, 1.165) is 17.7 Å². The summed E-state index contributed by atoms with van der Waals surface area (Å²) < 4.78 is 5.38. The van der Waals surface area contributed by atoms with Crippen LogP contribution in [-0.4, -0.2) is 5.97 Å². The summed E-state index contributed by atoms with van der Waals surface area (Å²) in [4.78, 5) is 11.6. The number of hydrogen-bond acceptors (Lipinski definition) is 2. The molecule has 0 atom stereocenters. The number of benzene rings is 2. The van der Waals surface area contributed by atoms with Crippen LogP contribution in [0.25, 0.3) is 10.8 Å². The number of ether oxygens (including phenoxy) is 1. The summed E-state index contributed by atoms with van der Waals surface area (Å²) in [5, 5.41) is 2.37. The Morgan fingerprint density at radius 1 is 1.04 bits per heavy atom. The van der Waals surface area contributed by atoms with Crippen LogP contribution in [0.2, 0.25) is 0 Å². The number of carbonyl (C=O) groups is 1. The standard InChI is InChI=1S/C21H26O2/c1-3-4-21(22)23-20-12-11-18-13-17(9-10-19(18)14-20)16-7-5-15(2)6-8-16/h9-16H,3-8H2,1-2H3. The van der Waals surface area contributed by atoms with Crippen LogP contribution >= 0.6 is 0 Å². The largest absolute Gasteiger partial charge is 0.427 e. The van der Waals surface area contributed by atoms with E-state index in [1.165, 1.54) is 36.6 Å². The smallest absolute Gasteiger partial charge is 0.311 e. The average molecular weight is 310 g/mol. The molecule has 0 spiro atoms. The highest BCUT2D eigenvalue weighted by Crippen LogP contribution is 2.36. The highest BCUT2D eigenvalue weighted by molar-refractivity contribution is 5.85. The van der Waals surface area contributed by atoms with Gasteiger partial charge in [0, 0.05) is 6.42 Å². The third kappa shape index (κ3) is 3.93. The van der Waals surface area contributed by atoms with Crippen LogP contribution in [0.15, 0.2) is 36.4 Å². The van der Waals surface area contributed by atoms with Crippen molar-refractivity contribution in [2.45, 2.75) is 58.3 Å². The molecule has 1 saturated carbocycles. The minimum absolute atomic E-state index is 0.153. The topological polar surface area (TPSA) is 26.3 Å². The fraction of sp³-hybridized carbons (Fsp3) is 0.476. The second-order valence-corrected chi connectivity index (χ2v) is 6.95. The van der Waals surface area contributed by atoms with Crippen LogP contribution < -0.4 is 4.74 Å². The molecule has 3 rings (SSSR count). The third-order valence-electron chi connectivity index (χ3n) is 5.01. The van der Waals surface area contributed by atoms with Gasteiger partial charge in [-0.1, -0.05) is 51.0 Å². The second kappa shape index (κ2) is 7.16. The zero-order chi connectivity index (χ0) is 16.2. The predicted molar refractivity (Wildman–Crippen MR) is 94.9 cm³/mol. The lowest BCUT2D eigenvalue weighted by atomic mass is 9.79. The van der Waals surface area contributed by atoms with Crippen molar-refractivity contribution in [3.63, 3.8) is 0 Å². The van der Waals surface area contributed by atoms with E-state index in [9.17, 15) is 4.79 Å². The van der Waals surface area contributed by atoms with E-state index in [4.69, 9.17) is 4.74 Å². The Bertz CT molecular complexity index is 681. The molecule has 0 aliphatic heterocycles. The van der Waals surface area contributed by atoms with E-state index in [0.29, 0.717) is 18.1 Å². The number of fused-ring (bicyclic) bond motifs is 1. The van der Waals surface area contributed by atoms with Crippen LogP contribution in [-0.2, 0) is 4.79 Å². The van der Waals surface area contributed by atoms with Crippen LogP contribution in [0.4, 0.5) is 0 Å². The third-order valence-corrected chi connectivity index (χ3v) is 5.01. The monoisotopic (exact) mass is 310 g/mol. The van der Waals surface area contributed by atoms with Gasteiger partial charge in [-0.05, 0) is 59.6 Å². The van der Waals surface area contributed by atoms with E-state index >= 15 is 0 Å². The summed E-state index contributed by atoms with van der Waals surface area (Å²) in [6, 6.07) is 12.7. The van der Waals surface area contributed by atoms with Gasteiger partial charge in [0.15, 0.2) is 0 Å². The van der Waals surface area contributed by atoms with Crippen molar-refractivity contribution in [3.8, 4) is 5.75 Å². The van der Waals surface area contributed by atoms with Crippen LogP contribution in [0, 0.1) is 5.92 Å². The Labute approximate surface area is 138 Å². The molecule has 0 aromatic heterocycles. The molecular weight excluding hydrogens is 284 g/mol. The zero-order valence-corrected chi connectivity index (χ0v) is 14.2. The lowest BCUT2D eigenvalue weighted by Gasteiger charge is -2.26. The fourth-order valence-electron chi connectivity index (χ4n) is 3.54. The van der Waals surface area contributed by atoms with Crippen molar-refractivity contribution in [1.82, 2.24) is 0 Å². The van der Waals surface area contributed by atoms with Gasteiger partial charge in [0.25, 0.3) is 0 Å². The normalized spacial score (nSPS) is 21.3. The molecule has 23 heavy (non-hydrogen) atoms. The first kappa shape index (κ1) is 16.0. The van der Waals surface area contributed by atoms with Crippen LogP contribution in [0.3, 0.4) is 0 Å². The summed E-state index contributed by atoms with van der Waals surface area (Å²) in [6.45, 7) is 4.34. The maximum Gasteiger partial charge on any atom is 0.311 e. The molecule has 2 aromatic carbocycles. The molecule has 0 amide bonds. The predicted octanol–water partition coefficient (Wildman–Crippen LogP) is 5.84. The lowest BCUT2D eigenvalue weighted by molar-refractivity contribution is -0.134.